The van der Waals surface area contributed by atoms with Crippen LogP contribution in [0.1, 0.15) is 39.7 Å². The molecule has 0 saturated carbocycles. The predicted octanol–water partition coefficient (Wildman–Crippen LogP) is 5.35. The monoisotopic (exact) mass is 392 g/mol. The molecule has 0 unspecified atom stereocenters. The number of nitrogens with one attached hydrogen (secondary N) is 1. The summed E-state index contributed by atoms with van der Waals surface area (Å²) >= 11 is 1.84. The van der Waals surface area contributed by atoms with E-state index >= 15 is 0 Å². The molecule has 1 atom stereocenters. The molecule has 1 saturated heterocycles. The molecule has 1 amide bonds. The third-order valence-corrected chi connectivity index (χ3v) is 6.16. The van der Waals surface area contributed by atoms with Gasteiger partial charge in [-0.15, -0.1) is 11.3 Å². The summed E-state index contributed by atoms with van der Waals surface area (Å²) in [6.45, 7) is 2.05. The Morgan fingerprint density at radius 2 is 1.93 bits per heavy atom. The summed E-state index contributed by atoms with van der Waals surface area (Å²) in [5, 5.41) is 5.08. The van der Waals surface area contributed by atoms with Gasteiger partial charge in [-0.1, -0.05) is 18.2 Å². The van der Waals surface area contributed by atoms with Crippen molar-refractivity contribution in [3.63, 3.8) is 0 Å². The van der Waals surface area contributed by atoms with Crippen LogP contribution in [0, 0.1) is 0 Å². The summed E-state index contributed by atoms with van der Waals surface area (Å²) in [4.78, 5) is 16.5. The first-order valence-electron chi connectivity index (χ1n) is 9.55. The van der Waals surface area contributed by atoms with Crippen LogP contribution in [0.2, 0.25) is 0 Å². The van der Waals surface area contributed by atoms with E-state index < -0.39 is 0 Å². The SMILES string of the molecule is COc1ccc(NC(=O)c2ccc(CN3CCC[C@@H]3c3cccs3)cc2)cc1. The number of hydrogen-bond acceptors (Lipinski definition) is 4. The predicted molar refractivity (Wildman–Crippen MR) is 114 cm³/mol. The van der Waals surface area contributed by atoms with Crippen molar-refractivity contribution >= 4 is 22.9 Å². The smallest absolute Gasteiger partial charge is 0.255 e. The van der Waals surface area contributed by atoms with E-state index in [0.717, 1.165) is 24.5 Å². The lowest BCUT2D eigenvalue weighted by molar-refractivity contribution is 0.102. The highest BCUT2D eigenvalue weighted by molar-refractivity contribution is 7.10. The number of anilines is 1. The summed E-state index contributed by atoms with van der Waals surface area (Å²) in [5.41, 5.74) is 2.66. The molecule has 3 aromatic rings. The lowest BCUT2D eigenvalue weighted by Crippen LogP contribution is -2.22. The van der Waals surface area contributed by atoms with Gasteiger partial charge < -0.3 is 10.1 Å². The summed E-state index contributed by atoms with van der Waals surface area (Å²) < 4.78 is 5.14. The quantitative estimate of drug-likeness (QED) is 0.615. The number of likely N-dealkylation sites (tertiary alicyclic amines) is 1. The van der Waals surface area contributed by atoms with Gasteiger partial charge in [-0.25, -0.2) is 0 Å². The maximum Gasteiger partial charge on any atom is 0.255 e. The Hall–Kier alpha value is -2.63. The number of carbonyl (C=O) groups is 1. The van der Waals surface area contributed by atoms with Gasteiger partial charge in [-0.05, 0) is 72.8 Å². The van der Waals surface area contributed by atoms with Crippen molar-refractivity contribution in [1.82, 2.24) is 4.90 Å². The minimum Gasteiger partial charge on any atom is -0.497 e. The second kappa shape index (κ2) is 8.59. The first-order valence-corrected chi connectivity index (χ1v) is 10.4. The molecule has 2 heterocycles. The molecule has 0 aliphatic carbocycles. The lowest BCUT2D eigenvalue weighted by atomic mass is 10.1. The molecule has 4 nitrogen and oxygen atoms in total. The van der Waals surface area contributed by atoms with Gasteiger partial charge in [0.05, 0.1) is 7.11 Å². The van der Waals surface area contributed by atoms with Crippen LogP contribution < -0.4 is 10.1 Å². The van der Waals surface area contributed by atoms with Crippen molar-refractivity contribution in [1.29, 1.82) is 0 Å². The summed E-state index contributed by atoms with van der Waals surface area (Å²) in [7, 11) is 1.62. The molecule has 2 aromatic carbocycles. The maximum absolute atomic E-state index is 12.5. The van der Waals surface area contributed by atoms with Crippen LogP contribution in [-0.4, -0.2) is 24.5 Å². The molecular weight excluding hydrogens is 368 g/mol. The van der Waals surface area contributed by atoms with Crippen molar-refractivity contribution in [3.8, 4) is 5.75 Å². The van der Waals surface area contributed by atoms with Gasteiger partial charge in [0.1, 0.15) is 5.75 Å². The first-order chi connectivity index (χ1) is 13.7. The molecule has 0 radical (unpaired) electrons. The Morgan fingerprint density at radius 1 is 1.14 bits per heavy atom. The first kappa shape index (κ1) is 18.7. The average molecular weight is 393 g/mol. The van der Waals surface area contributed by atoms with E-state index in [1.807, 2.05) is 47.7 Å². The standard InChI is InChI=1S/C23H24N2O2S/c1-27-20-12-10-19(11-13-20)24-23(26)18-8-6-17(7-9-18)16-25-14-2-4-21(25)22-5-3-15-28-22/h3,5-13,15,21H,2,4,14,16H2,1H3,(H,24,26)/t21-/m1/s1. The fraction of sp³-hybridized carbons (Fsp3) is 0.261. The molecule has 0 spiro atoms. The van der Waals surface area contributed by atoms with Gasteiger partial charge >= 0.3 is 0 Å². The van der Waals surface area contributed by atoms with Gasteiger partial charge in [0.25, 0.3) is 5.91 Å². The Balaban J connectivity index is 1.38. The van der Waals surface area contributed by atoms with Crippen LogP contribution in [0.15, 0.2) is 66.0 Å². The molecule has 1 fully saturated rings. The Bertz CT molecular complexity index is 905. The van der Waals surface area contributed by atoms with Crippen LogP contribution in [0.4, 0.5) is 5.69 Å². The molecular formula is C23H24N2O2S. The third kappa shape index (κ3) is 4.26. The van der Waals surface area contributed by atoms with Gasteiger partial charge in [0.2, 0.25) is 0 Å². The molecule has 1 aliphatic rings. The number of nitrogens with zero attached hydrogens (tertiary/aromatic N) is 1. The fourth-order valence-corrected chi connectivity index (χ4v) is 4.59. The summed E-state index contributed by atoms with van der Waals surface area (Å²) in [6, 6.07) is 20.2. The Morgan fingerprint density at radius 3 is 2.61 bits per heavy atom. The molecule has 5 heteroatoms. The zero-order valence-electron chi connectivity index (χ0n) is 15.9. The van der Waals surface area contributed by atoms with Crippen LogP contribution >= 0.6 is 11.3 Å². The highest BCUT2D eigenvalue weighted by Gasteiger charge is 2.26. The Kier molecular flexibility index (Phi) is 5.74. The van der Waals surface area contributed by atoms with Crippen LogP contribution in [0.5, 0.6) is 5.75 Å². The minimum atomic E-state index is -0.102. The molecule has 0 bridgehead atoms. The van der Waals surface area contributed by atoms with Crippen molar-refractivity contribution in [2.75, 3.05) is 19.0 Å². The maximum atomic E-state index is 12.5. The number of benzene rings is 2. The van der Waals surface area contributed by atoms with Crippen molar-refractivity contribution in [2.45, 2.75) is 25.4 Å². The van der Waals surface area contributed by atoms with E-state index in [0.29, 0.717) is 11.6 Å². The van der Waals surface area contributed by atoms with Gasteiger partial charge in [-0.2, -0.15) is 0 Å². The summed E-state index contributed by atoms with van der Waals surface area (Å²) in [5.74, 6) is 0.666. The third-order valence-electron chi connectivity index (χ3n) is 5.18. The molecule has 1 N–H and O–H groups in total. The number of amides is 1. The number of carbonyl (C=O) groups excluding carboxylic acids is 1. The van der Waals surface area contributed by atoms with Crippen LogP contribution in [-0.2, 0) is 6.54 Å². The molecule has 1 aliphatic heterocycles. The number of hydrogen-bond donors (Lipinski definition) is 1. The highest BCUT2D eigenvalue weighted by Crippen LogP contribution is 2.35. The van der Waals surface area contributed by atoms with Crippen molar-refractivity contribution in [2.24, 2.45) is 0 Å². The fourth-order valence-electron chi connectivity index (χ4n) is 3.69. The lowest BCUT2D eigenvalue weighted by Gasteiger charge is -2.23. The van der Waals surface area contributed by atoms with E-state index in [1.54, 1.807) is 7.11 Å². The van der Waals surface area contributed by atoms with E-state index in [-0.39, 0.29) is 5.91 Å². The zero-order chi connectivity index (χ0) is 19.3. The molecule has 28 heavy (non-hydrogen) atoms. The highest BCUT2D eigenvalue weighted by atomic mass is 32.1. The topological polar surface area (TPSA) is 41.6 Å². The largest absolute Gasteiger partial charge is 0.497 e. The van der Waals surface area contributed by atoms with Crippen molar-refractivity contribution < 1.29 is 9.53 Å². The number of thiophene rings is 1. The second-order valence-corrected chi connectivity index (χ2v) is 8.00. The number of rotatable bonds is 6. The van der Waals surface area contributed by atoms with Crippen LogP contribution in [0.25, 0.3) is 0 Å². The van der Waals surface area contributed by atoms with Gasteiger partial charge in [-0.3, -0.25) is 9.69 Å². The van der Waals surface area contributed by atoms with Gasteiger partial charge in [0.15, 0.2) is 0 Å². The van der Waals surface area contributed by atoms with Gasteiger partial charge in [0, 0.05) is 28.7 Å². The average Bonchev–Trinajstić information content (AvgIpc) is 3.41. The zero-order valence-corrected chi connectivity index (χ0v) is 16.7. The van der Waals surface area contributed by atoms with Crippen LogP contribution in [0.3, 0.4) is 0 Å². The van der Waals surface area contributed by atoms with E-state index in [1.165, 1.54) is 23.3 Å². The van der Waals surface area contributed by atoms with Crippen molar-refractivity contribution in [3.05, 3.63) is 82.0 Å². The Labute approximate surface area is 169 Å². The normalized spacial score (nSPS) is 16.8. The summed E-state index contributed by atoms with van der Waals surface area (Å²) in [6.07, 6.45) is 2.47. The van der Waals surface area contributed by atoms with E-state index in [2.05, 4.69) is 39.9 Å². The number of methoxy groups -OCH3 is 1. The second-order valence-electron chi connectivity index (χ2n) is 7.02. The van der Waals surface area contributed by atoms with E-state index in [4.69, 9.17) is 4.74 Å². The molecule has 144 valence electrons. The molecule has 1 aromatic heterocycles. The minimum absolute atomic E-state index is 0.102. The van der Waals surface area contributed by atoms with E-state index in [9.17, 15) is 4.79 Å². The molecule has 4 rings (SSSR count). The number of ether oxygens (including phenoxy) is 1.